The quantitative estimate of drug-likeness (QED) is 0.807. The van der Waals surface area contributed by atoms with Gasteiger partial charge in [-0.05, 0) is 37.3 Å². The van der Waals surface area contributed by atoms with Crippen molar-refractivity contribution >= 4 is 21.7 Å². The first-order chi connectivity index (χ1) is 8.60. The fraction of sp³-hybridized carbons (Fsp3) is 0.214. The predicted molar refractivity (Wildman–Crippen MR) is 72.2 cm³/mol. The monoisotopic (exact) mass is 308 g/mol. The molecule has 0 radical (unpaired) electrons. The van der Waals surface area contributed by atoms with E-state index in [4.69, 9.17) is 9.15 Å². The molecule has 0 aliphatic rings. The number of benzene rings is 1. The zero-order chi connectivity index (χ0) is 13.1. The lowest BCUT2D eigenvalue weighted by molar-refractivity contribution is 0.0964. The smallest absolute Gasteiger partial charge is 0.202 e. The van der Waals surface area contributed by atoms with Crippen LogP contribution < -0.4 is 4.74 Å². The molecule has 0 amide bonds. The van der Waals surface area contributed by atoms with Crippen molar-refractivity contribution in [2.75, 3.05) is 7.11 Å². The molecule has 2 rings (SSSR count). The highest BCUT2D eigenvalue weighted by molar-refractivity contribution is 9.10. The summed E-state index contributed by atoms with van der Waals surface area (Å²) in [6.07, 6.45) is 0.259. The Bertz CT molecular complexity index is 572. The number of hydrogen-bond acceptors (Lipinski definition) is 3. The van der Waals surface area contributed by atoms with E-state index in [-0.39, 0.29) is 12.2 Å². The average molecular weight is 309 g/mol. The van der Waals surface area contributed by atoms with E-state index in [0.717, 1.165) is 15.8 Å². The third-order valence-corrected chi connectivity index (χ3v) is 3.10. The Balaban J connectivity index is 2.23. The van der Waals surface area contributed by atoms with E-state index in [2.05, 4.69) is 15.9 Å². The number of aryl methyl sites for hydroxylation is 1. The number of ether oxygens (including phenoxy) is 1. The van der Waals surface area contributed by atoms with E-state index in [0.29, 0.717) is 11.5 Å². The van der Waals surface area contributed by atoms with Gasteiger partial charge in [-0.3, -0.25) is 4.79 Å². The first-order valence-corrected chi connectivity index (χ1v) is 6.31. The van der Waals surface area contributed by atoms with Crippen LogP contribution in [0.25, 0.3) is 0 Å². The Morgan fingerprint density at radius 2 is 2.11 bits per heavy atom. The number of carbonyl (C=O) groups excluding carboxylic acids is 1. The number of Topliss-reactive ketones (excluding diaryl/α,β-unsaturated/α-hetero) is 1. The minimum atomic E-state index is -0.0560. The van der Waals surface area contributed by atoms with Crippen LogP contribution in [0.5, 0.6) is 5.75 Å². The molecule has 1 aromatic carbocycles. The number of hydrogen-bond donors (Lipinski definition) is 0. The summed E-state index contributed by atoms with van der Waals surface area (Å²) in [5, 5.41) is 0. The highest BCUT2D eigenvalue weighted by Crippen LogP contribution is 2.24. The molecule has 1 aromatic heterocycles. The first kappa shape index (κ1) is 12.9. The molecule has 0 spiro atoms. The lowest BCUT2D eigenvalue weighted by Gasteiger charge is -2.07. The predicted octanol–water partition coefficient (Wildman–Crippen LogP) is 3.78. The lowest BCUT2D eigenvalue weighted by Crippen LogP contribution is -2.04. The fourth-order valence-electron chi connectivity index (χ4n) is 1.73. The molecule has 0 saturated heterocycles. The summed E-state index contributed by atoms with van der Waals surface area (Å²) in [6.45, 7) is 1.82. The Labute approximate surface area is 114 Å². The molecule has 4 heteroatoms. The molecule has 94 valence electrons. The normalized spacial score (nSPS) is 10.4. The third kappa shape index (κ3) is 2.82. The van der Waals surface area contributed by atoms with Crippen LogP contribution in [0.15, 0.2) is 39.2 Å². The SMILES string of the molecule is COc1ccc(Br)cc1CC(=O)c1ccc(C)o1. The summed E-state index contributed by atoms with van der Waals surface area (Å²) in [5.74, 6) is 1.77. The van der Waals surface area contributed by atoms with Gasteiger partial charge in [0.05, 0.1) is 7.11 Å². The van der Waals surface area contributed by atoms with Crippen LogP contribution in [0, 0.1) is 6.92 Å². The fourth-order valence-corrected chi connectivity index (χ4v) is 2.14. The summed E-state index contributed by atoms with van der Waals surface area (Å²) in [7, 11) is 1.59. The summed E-state index contributed by atoms with van der Waals surface area (Å²) in [4.78, 5) is 12.0. The van der Waals surface area contributed by atoms with Crippen LogP contribution >= 0.6 is 15.9 Å². The van der Waals surface area contributed by atoms with Crippen molar-refractivity contribution in [2.24, 2.45) is 0 Å². The molecular formula is C14H13BrO3. The van der Waals surface area contributed by atoms with Gasteiger partial charge in [-0.1, -0.05) is 15.9 Å². The number of methoxy groups -OCH3 is 1. The second-order valence-electron chi connectivity index (χ2n) is 3.97. The van der Waals surface area contributed by atoms with Gasteiger partial charge in [-0.2, -0.15) is 0 Å². The molecule has 1 heterocycles. The second-order valence-corrected chi connectivity index (χ2v) is 4.88. The molecule has 0 bridgehead atoms. The molecule has 0 aliphatic carbocycles. The van der Waals surface area contributed by atoms with Crippen LogP contribution in [0.2, 0.25) is 0 Å². The van der Waals surface area contributed by atoms with Gasteiger partial charge >= 0.3 is 0 Å². The largest absolute Gasteiger partial charge is 0.496 e. The first-order valence-electron chi connectivity index (χ1n) is 5.52. The van der Waals surface area contributed by atoms with Crippen molar-refractivity contribution in [1.29, 1.82) is 0 Å². The summed E-state index contributed by atoms with van der Waals surface area (Å²) in [5.41, 5.74) is 0.839. The van der Waals surface area contributed by atoms with Crippen molar-refractivity contribution in [3.05, 3.63) is 51.9 Å². The highest BCUT2D eigenvalue weighted by Gasteiger charge is 2.14. The van der Waals surface area contributed by atoms with E-state index < -0.39 is 0 Å². The van der Waals surface area contributed by atoms with Crippen LogP contribution in [0.4, 0.5) is 0 Å². The zero-order valence-corrected chi connectivity index (χ0v) is 11.8. The Morgan fingerprint density at radius 1 is 1.33 bits per heavy atom. The lowest BCUT2D eigenvalue weighted by atomic mass is 10.1. The number of ketones is 1. The van der Waals surface area contributed by atoms with Crippen LogP contribution in [0.3, 0.4) is 0 Å². The topological polar surface area (TPSA) is 39.4 Å². The molecule has 3 nitrogen and oxygen atoms in total. The van der Waals surface area contributed by atoms with Gasteiger partial charge in [-0.25, -0.2) is 0 Å². The standard InChI is InChI=1S/C14H13BrO3/c1-9-3-5-14(18-9)12(16)8-10-7-11(15)4-6-13(10)17-2/h3-7H,8H2,1-2H3. The Morgan fingerprint density at radius 3 is 2.72 bits per heavy atom. The third-order valence-electron chi connectivity index (χ3n) is 2.61. The van der Waals surface area contributed by atoms with Crippen LogP contribution in [-0.2, 0) is 6.42 Å². The highest BCUT2D eigenvalue weighted by atomic mass is 79.9. The minimum Gasteiger partial charge on any atom is -0.496 e. The zero-order valence-electron chi connectivity index (χ0n) is 10.2. The summed E-state index contributed by atoms with van der Waals surface area (Å²) >= 11 is 3.39. The van der Waals surface area contributed by atoms with Crippen molar-refractivity contribution in [2.45, 2.75) is 13.3 Å². The van der Waals surface area contributed by atoms with E-state index in [9.17, 15) is 4.79 Å². The van der Waals surface area contributed by atoms with Crippen molar-refractivity contribution in [3.63, 3.8) is 0 Å². The average Bonchev–Trinajstić information content (AvgIpc) is 2.76. The van der Waals surface area contributed by atoms with E-state index in [1.54, 1.807) is 19.2 Å². The molecule has 0 unspecified atom stereocenters. The van der Waals surface area contributed by atoms with Crippen molar-refractivity contribution in [3.8, 4) is 5.75 Å². The molecule has 0 saturated carbocycles. The van der Waals surface area contributed by atoms with Crippen molar-refractivity contribution < 1.29 is 13.9 Å². The molecule has 18 heavy (non-hydrogen) atoms. The number of halogens is 1. The van der Waals surface area contributed by atoms with E-state index in [1.807, 2.05) is 25.1 Å². The van der Waals surface area contributed by atoms with Gasteiger partial charge in [0.25, 0.3) is 0 Å². The van der Waals surface area contributed by atoms with Gasteiger partial charge in [0.1, 0.15) is 11.5 Å². The summed E-state index contributed by atoms with van der Waals surface area (Å²) in [6, 6.07) is 9.07. The van der Waals surface area contributed by atoms with Crippen molar-refractivity contribution in [1.82, 2.24) is 0 Å². The van der Waals surface area contributed by atoms with Gasteiger partial charge in [-0.15, -0.1) is 0 Å². The minimum absolute atomic E-state index is 0.0560. The molecule has 0 atom stereocenters. The molecule has 0 fully saturated rings. The van der Waals surface area contributed by atoms with Crippen LogP contribution in [-0.4, -0.2) is 12.9 Å². The van der Waals surface area contributed by atoms with Gasteiger partial charge < -0.3 is 9.15 Å². The van der Waals surface area contributed by atoms with Gasteiger partial charge in [0.2, 0.25) is 5.78 Å². The second kappa shape index (κ2) is 5.40. The summed E-state index contributed by atoms with van der Waals surface area (Å²) < 4.78 is 11.5. The number of rotatable bonds is 4. The van der Waals surface area contributed by atoms with Gasteiger partial charge in [0, 0.05) is 16.5 Å². The maximum Gasteiger partial charge on any atom is 0.202 e. The van der Waals surface area contributed by atoms with E-state index >= 15 is 0 Å². The molecular weight excluding hydrogens is 296 g/mol. The molecule has 0 N–H and O–H groups in total. The molecule has 2 aromatic rings. The van der Waals surface area contributed by atoms with Gasteiger partial charge in [0.15, 0.2) is 5.76 Å². The van der Waals surface area contributed by atoms with E-state index in [1.165, 1.54) is 0 Å². The molecule has 0 aliphatic heterocycles. The Hall–Kier alpha value is -1.55. The van der Waals surface area contributed by atoms with Crippen LogP contribution in [0.1, 0.15) is 21.9 Å². The maximum atomic E-state index is 12.0. The number of carbonyl (C=O) groups is 1. The number of furan rings is 1. The Kier molecular flexibility index (Phi) is 3.87. The maximum absolute atomic E-state index is 12.0.